The normalized spacial score (nSPS) is 12.0. The number of nitrogens with zero attached hydrogens (tertiary/aromatic N) is 2. The van der Waals surface area contributed by atoms with E-state index in [1.165, 1.54) is 24.3 Å². The van der Waals surface area contributed by atoms with Gasteiger partial charge in [-0.15, -0.1) is 0 Å². The second-order valence-corrected chi connectivity index (χ2v) is 5.67. The lowest BCUT2D eigenvalue weighted by Crippen LogP contribution is -2.36. The van der Waals surface area contributed by atoms with Crippen LogP contribution in [0.4, 0.5) is 4.39 Å². The zero-order valence-electron chi connectivity index (χ0n) is 14.0. The summed E-state index contributed by atoms with van der Waals surface area (Å²) in [5.74, 6) is -0.0745. The molecule has 0 saturated heterocycles. The third kappa shape index (κ3) is 4.79. The molecule has 1 unspecified atom stereocenters. The smallest absolute Gasteiger partial charge is 0.224 e. The Morgan fingerprint density at radius 2 is 2.04 bits per heavy atom. The number of aromatic nitrogens is 2. The summed E-state index contributed by atoms with van der Waals surface area (Å²) in [5.41, 5.74) is 2.67. The predicted molar refractivity (Wildman–Crippen MR) is 87.3 cm³/mol. The molecule has 0 radical (unpaired) electrons. The molecule has 2 N–H and O–H groups in total. The Labute approximate surface area is 140 Å². The highest BCUT2D eigenvalue weighted by Gasteiger charge is 2.14. The van der Waals surface area contributed by atoms with E-state index < -0.39 is 6.10 Å². The summed E-state index contributed by atoms with van der Waals surface area (Å²) < 4.78 is 19.8. The summed E-state index contributed by atoms with van der Waals surface area (Å²) in [6.45, 7) is 3.87. The molecule has 1 amide bonds. The highest BCUT2D eigenvalue weighted by atomic mass is 19.1. The van der Waals surface area contributed by atoms with Crippen LogP contribution in [0.3, 0.4) is 0 Å². The molecule has 0 aliphatic heterocycles. The van der Waals surface area contributed by atoms with Gasteiger partial charge in [0.2, 0.25) is 5.91 Å². The molecule has 0 spiro atoms. The Morgan fingerprint density at radius 1 is 1.38 bits per heavy atom. The number of rotatable bonds is 7. The minimum Gasteiger partial charge on any atom is -0.491 e. The SMILES string of the molecule is Cc1nn(C)c(C)c1CC(=O)NCC(O)COc1ccc(F)cc1. The third-order valence-electron chi connectivity index (χ3n) is 3.79. The molecule has 130 valence electrons. The van der Waals surface area contributed by atoms with Crippen LogP contribution in [0.25, 0.3) is 0 Å². The number of aliphatic hydroxyl groups is 1. The molecule has 2 rings (SSSR count). The fourth-order valence-corrected chi connectivity index (χ4v) is 2.31. The number of ether oxygens (including phenoxy) is 1. The van der Waals surface area contributed by atoms with Gasteiger partial charge in [0, 0.05) is 24.8 Å². The van der Waals surface area contributed by atoms with E-state index in [4.69, 9.17) is 4.74 Å². The lowest BCUT2D eigenvalue weighted by Gasteiger charge is -2.13. The Morgan fingerprint density at radius 3 is 2.62 bits per heavy atom. The monoisotopic (exact) mass is 335 g/mol. The average molecular weight is 335 g/mol. The second-order valence-electron chi connectivity index (χ2n) is 5.67. The zero-order valence-corrected chi connectivity index (χ0v) is 14.0. The quantitative estimate of drug-likeness (QED) is 0.799. The average Bonchev–Trinajstić information content (AvgIpc) is 2.78. The molecule has 7 heteroatoms. The van der Waals surface area contributed by atoms with Crippen LogP contribution in [0.5, 0.6) is 5.75 Å². The Hall–Kier alpha value is -2.41. The summed E-state index contributed by atoms with van der Waals surface area (Å²) in [7, 11) is 1.83. The molecule has 0 aliphatic carbocycles. The van der Waals surface area contributed by atoms with E-state index in [9.17, 15) is 14.3 Å². The van der Waals surface area contributed by atoms with Gasteiger partial charge in [-0.3, -0.25) is 9.48 Å². The summed E-state index contributed by atoms with van der Waals surface area (Å²) in [4.78, 5) is 12.0. The van der Waals surface area contributed by atoms with Crippen molar-refractivity contribution in [2.24, 2.45) is 7.05 Å². The summed E-state index contributed by atoms with van der Waals surface area (Å²) >= 11 is 0. The van der Waals surface area contributed by atoms with Gasteiger partial charge in [0.1, 0.15) is 24.3 Å². The van der Waals surface area contributed by atoms with Crippen LogP contribution in [0.2, 0.25) is 0 Å². The van der Waals surface area contributed by atoms with Crippen molar-refractivity contribution in [2.45, 2.75) is 26.4 Å². The lowest BCUT2D eigenvalue weighted by molar-refractivity contribution is -0.121. The van der Waals surface area contributed by atoms with E-state index in [0.29, 0.717) is 5.75 Å². The van der Waals surface area contributed by atoms with Gasteiger partial charge in [-0.2, -0.15) is 5.10 Å². The van der Waals surface area contributed by atoms with Crippen molar-refractivity contribution in [3.63, 3.8) is 0 Å². The first-order valence-electron chi connectivity index (χ1n) is 7.69. The lowest BCUT2D eigenvalue weighted by atomic mass is 10.1. The molecule has 6 nitrogen and oxygen atoms in total. The summed E-state index contributed by atoms with van der Waals surface area (Å²) in [6, 6.07) is 5.52. The first-order valence-corrected chi connectivity index (χ1v) is 7.69. The van der Waals surface area contributed by atoms with Gasteiger partial charge >= 0.3 is 0 Å². The number of aryl methyl sites for hydroxylation is 2. The molecular formula is C17H22FN3O3. The van der Waals surface area contributed by atoms with Gasteiger partial charge in [0.25, 0.3) is 0 Å². The van der Waals surface area contributed by atoms with Crippen LogP contribution < -0.4 is 10.1 Å². The largest absolute Gasteiger partial charge is 0.491 e. The molecule has 24 heavy (non-hydrogen) atoms. The third-order valence-corrected chi connectivity index (χ3v) is 3.79. The van der Waals surface area contributed by atoms with Gasteiger partial charge in [0.15, 0.2) is 0 Å². The number of benzene rings is 1. The molecule has 0 aliphatic rings. The van der Waals surface area contributed by atoms with Crippen molar-refractivity contribution < 1.29 is 19.0 Å². The van der Waals surface area contributed by atoms with Gasteiger partial charge in [-0.25, -0.2) is 4.39 Å². The Bertz CT molecular complexity index is 698. The van der Waals surface area contributed by atoms with E-state index >= 15 is 0 Å². The van der Waals surface area contributed by atoms with Crippen molar-refractivity contribution in [1.29, 1.82) is 0 Å². The number of hydrogen-bond donors (Lipinski definition) is 2. The standard InChI is InChI=1S/C17H22FN3O3/c1-11-16(12(2)21(3)20-11)8-17(23)19-9-14(22)10-24-15-6-4-13(18)5-7-15/h4-7,14,22H,8-10H2,1-3H3,(H,19,23). The maximum absolute atomic E-state index is 12.8. The fourth-order valence-electron chi connectivity index (χ4n) is 2.31. The molecule has 0 fully saturated rings. The van der Waals surface area contributed by atoms with Crippen LogP contribution in [-0.2, 0) is 18.3 Å². The fraction of sp³-hybridized carbons (Fsp3) is 0.412. The van der Waals surface area contributed by atoms with Crippen molar-refractivity contribution >= 4 is 5.91 Å². The number of halogens is 1. The maximum Gasteiger partial charge on any atom is 0.224 e. The van der Waals surface area contributed by atoms with Crippen molar-refractivity contribution in [1.82, 2.24) is 15.1 Å². The summed E-state index contributed by atoms with van der Waals surface area (Å²) in [5, 5.41) is 16.8. The van der Waals surface area contributed by atoms with E-state index in [0.717, 1.165) is 17.0 Å². The molecule has 1 aromatic carbocycles. The zero-order chi connectivity index (χ0) is 17.7. The highest BCUT2D eigenvalue weighted by molar-refractivity contribution is 5.79. The number of carbonyl (C=O) groups is 1. The van der Waals surface area contributed by atoms with Gasteiger partial charge < -0.3 is 15.2 Å². The minimum atomic E-state index is -0.852. The van der Waals surface area contributed by atoms with Gasteiger partial charge in [-0.1, -0.05) is 0 Å². The summed E-state index contributed by atoms with van der Waals surface area (Å²) in [6.07, 6.45) is -0.632. The number of amides is 1. The van der Waals surface area contributed by atoms with Gasteiger partial charge in [-0.05, 0) is 38.1 Å². The van der Waals surface area contributed by atoms with Crippen molar-refractivity contribution in [2.75, 3.05) is 13.2 Å². The van der Waals surface area contributed by atoms with Crippen LogP contribution in [-0.4, -0.2) is 40.0 Å². The van der Waals surface area contributed by atoms with E-state index in [-0.39, 0.29) is 31.3 Å². The molecule has 2 aromatic rings. The van der Waals surface area contributed by atoms with E-state index in [2.05, 4.69) is 10.4 Å². The van der Waals surface area contributed by atoms with Crippen molar-refractivity contribution in [3.05, 3.63) is 47.0 Å². The van der Waals surface area contributed by atoms with E-state index in [1.54, 1.807) is 4.68 Å². The first-order chi connectivity index (χ1) is 11.4. The van der Waals surface area contributed by atoms with Crippen LogP contribution >= 0.6 is 0 Å². The Balaban J connectivity index is 1.75. The van der Waals surface area contributed by atoms with Crippen LogP contribution in [0, 0.1) is 19.7 Å². The molecule has 0 saturated carbocycles. The highest BCUT2D eigenvalue weighted by Crippen LogP contribution is 2.13. The number of carbonyl (C=O) groups excluding carboxylic acids is 1. The maximum atomic E-state index is 12.8. The molecule has 1 aromatic heterocycles. The second kappa shape index (κ2) is 7.92. The van der Waals surface area contributed by atoms with Crippen LogP contribution in [0.15, 0.2) is 24.3 Å². The predicted octanol–water partition coefficient (Wildman–Crippen LogP) is 1.27. The minimum absolute atomic E-state index is 0.0108. The topological polar surface area (TPSA) is 76.4 Å². The molecule has 0 bridgehead atoms. The van der Waals surface area contributed by atoms with Gasteiger partial charge in [0.05, 0.1) is 12.1 Å². The first kappa shape index (κ1) is 17.9. The molecular weight excluding hydrogens is 313 g/mol. The van der Waals surface area contributed by atoms with Crippen LogP contribution in [0.1, 0.15) is 17.0 Å². The van der Waals surface area contributed by atoms with E-state index in [1.807, 2.05) is 20.9 Å². The number of nitrogens with one attached hydrogen (secondary N) is 1. The Kier molecular flexibility index (Phi) is 5.92. The number of hydrogen-bond acceptors (Lipinski definition) is 4. The van der Waals surface area contributed by atoms with Crippen molar-refractivity contribution in [3.8, 4) is 5.75 Å². The number of aliphatic hydroxyl groups excluding tert-OH is 1. The molecule has 1 heterocycles. The molecule has 1 atom stereocenters.